The molecule has 0 amide bonds. The summed E-state index contributed by atoms with van der Waals surface area (Å²) in [6.07, 6.45) is 3.85. The van der Waals surface area contributed by atoms with E-state index in [4.69, 9.17) is 4.79 Å². The van der Waals surface area contributed by atoms with E-state index in [2.05, 4.69) is 50.4 Å². The summed E-state index contributed by atoms with van der Waals surface area (Å²) in [5.74, 6) is 0.935. The quantitative estimate of drug-likeness (QED) is 0.868. The van der Waals surface area contributed by atoms with Gasteiger partial charge in [0.25, 0.3) is 0 Å². The summed E-state index contributed by atoms with van der Waals surface area (Å²) in [6, 6.07) is 8.63. The summed E-state index contributed by atoms with van der Waals surface area (Å²) in [5.41, 5.74) is 2.98. The molecule has 1 aromatic carbocycles. The highest BCUT2D eigenvalue weighted by Gasteiger charge is 2.05. The van der Waals surface area contributed by atoms with Gasteiger partial charge in [-0.1, -0.05) is 57.9 Å². The second-order valence-electron chi connectivity index (χ2n) is 4.62. The van der Waals surface area contributed by atoms with Crippen LogP contribution < -0.4 is 5.32 Å². The maximum Gasteiger partial charge on any atom is 0.106 e. The van der Waals surface area contributed by atoms with Crippen LogP contribution in [0.3, 0.4) is 0 Å². The van der Waals surface area contributed by atoms with Gasteiger partial charge in [0.2, 0.25) is 0 Å². The lowest BCUT2D eigenvalue weighted by Gasteiger charge is -2.15. The van der Waals surface area contributed by atoms with Gasteiger partial charge in [0.1, 0.15) is 6.79 Å². The average Bonchev–Trinajstić information content (AvgIpc) is 2.49. The Hall–Kier alpha value is -1.15. The van der Waals surface area contributed by atoms with Crippen molar-refractivity contribution in [3.8, 4) is 0 Å². The molecule has 1 aliphatic heterocycles. The number of carbonyl (C=O) groups excluding carboxylic acids is 1. The number of nitrogens with one attached hydrogen (secondary N) is 1. The molecular formula is C16H27NO. The number of carbonyl (C=O) groups is 1. The lowest BCUT2D eigenvalue weighted by molar-refractivity contribution is -0.0979. The van der Waals surface area contributed by atoms with Crippen LogP contribution in [-0.4, -0.2) is 13.3 Å². The summed E-state index contributed by atoms with van der Waals surface area (Å²) in [7, 11) is 0. The van der Waals surface area contributed by atoms with Crippen LogP contribution in [0.5, 0.6) is 0 Å². The highest BCUT2D eigenvalue weighted by molar-refractivity contribution is 5.28. The van der Waals surface area contributed by atoms with Gasteiger partial charge in [-0.15, -0.1) is 0 Å². The summed E-state index contributed by atoms with van der Waals surface area (Å²) < 4.78 is 0. The summed E-state index contributed by atoms with van der Waals surface area (Å²) in [6.45, 7) is 10.9. The monoisotopic (exact) mass is 249 g/mol. The molecule has 2 nitrogen and oxygen atoms in total. The van der Waals surface area contributed by atoms with Gasteiger partial charge in [-0.2, -0.15) is 0 Å². The van der Waals surface area contributed by atoms with E-state index in [0.29, 0.717) is 0 Å². The Morgan fingerprint density at radius 3 is 2.17 bits per heavy atom. The van der Waals surface area contributed by atoms with Crippen molar-refractivity contribution in [3.63, 3.8) is 0 Å². The van der Waals surface area contributed by atoms with Crippen molar-refractivity contribution in [2.75, 3.05) is 6.54 Å². The molecule has 0 fully saturated rings. The lowest BCUT2D eigenvalue weighted by Crippen LogP contribution is -2.23. The Balaban J connectivity index is 0.000000315. The third-order valence-corrected chi connectivity index (χ3v) is 3.40. The van der Waals surface area contributed by atoms with Gasteiger partial charge >= 0.3 is 0 Å². The van der Waals surface area contributed by atoms with Gasteiger partial charge < -0.3 is 10.1 Å². The van der Waals surface area contributed by atoms with Crippen LogP contribution in [0.25, 0.3) is 0 Å². The average molecular weight is 249 g/mol. The number of hydrogen-bond donors (Lipinski definition) is 1. The minimum absolute atomic E-state index is 0.935. The van der Waals surface area contributed by atoms with Crippen molar-refractivity contribution in [1.29, 1.82) is 0 Å². The predicted octanol–water partition coefficient (Wildman–Crippen LogP) is 3.59. The maximum atomic E-state index is 8.00. The number of rotatable bonds is 2. The van der Waals surface area contributed by atoms with Crippen molar-refractivity contribution in [2.45, 2.75) is 46.6 Å². The van der Waals surface area contributed by atoms with Crippen LogP contribution >= 0.6 is 0 Å². The third kappa shape index (κ3) is 6.55. The molecule has 0 unspecified atom stereocenters. The fraction of sp³-hybridized carbons (Fsp3) is 0.562. The minimum Gasteiger partial charge on any atom is -0.312 e. The second-order valence-corrected chi connectivity index (χ2v) is 4.62. The number of hydrogen-bond acceptors (Lipinski definition) is 2. The molecule has 1 heterocycles. The van der Waals surface area contributed by atoms with Gasteiger partial charge in [-0.05, 0) is 30.0 Å². The minimum atomic E-state index is 0.935. The molecule has 102 valence electrons. The van der Waals surface area contributed by atoms with E-state index in [1.807, 2.05) is 6.79 Å². The Labute approximate surface area is 112 Å². The van der Waals surface area contributed by atoms with Crippen molar-refractivity contribution in [1.82, 2.24) is 5.32 Å². The van der Waals surface area contributed by atoms with Crippen LogP contribution in [0, 0.1) is 5.92 Å². The van der Waals surface area contributed by atoms with Gasteiger partial charge in [0.15, 0.2) is 0 Å². The highest BCUT2D eigenvalue weighted by atomic mass is 16.1. The Bertz CT molecular complexity index is 283. The Morgan fingerprint density at radius 2 is 1.72 bits per heavy atom. The molecule has 1 aromatic rings. The largest absolute Gasteiger partial charge is 0.312 e. The normalized spacial score (nSPS) is 12.7. The first kappa shape index (κ1) is 16.9. The fourth-order valence-corrected chi connectivity index (χ4v) is 1.71. The molecule has 0 spiro atoms. The van der Waals surface area contributed by atoms with Crippen molar-refractivity contribution >= 4 is 6.79 Å². The summed E-state index contributed by atoms with van der Waals surface area (Å²) >= 11 is 0. The summed E-state index contributed by atoms with van der Waals surface area (Å²) in [4.78, 5) is 8.00. The van der Waals surface area contributed by atoms with Crippen LogP contribution in [0.15, 0.2) is 24.3 Å². The zero-order valence-electron chi connectivity index (χ0n) is 12.0. The molecular weight excluding hydrogens is 222 g/mol. The van der Waals surface area contributed by atoms with Crippen LogP contribution in [0.1, 0.15) is 44.7 Å². The number of benzene rings is 1. The molecule has 1 aliphatic rings. The molecule has 0 bridgehead atoms. The van der Waals surface area contributed by atoms with E-state index in [1.54, 1.807) is 0 Å². The molecule has 0 radical (unpaired) electrons. The van der Waals surface area contributed by atoms with E-state index in [0.717, 1.165) is 19.0 Å². The summed E-state index contributed by atoms with van der Waals surface area (Å²) in [5, 5.41) is 3.34. The first-order valence-corrected chi connectivity index (χ1v) is 6.84. The molecule has 0 aromatic heterocycles. The van der Waals surface area contributed by atoms with E-state index >= 15 is 0 Å². The molecule has 0 saturated heterocycles. The van der Waals surface area contributed by atoms with E-state index < -0.39 is 0 Å². The molecule has 18 heavy (non-hydrogen) atoms. The highest BCUT2D eigenvalue weighted by Crippen LogP contribution is 2.11. The smallest absolute Gasteiger partial charge is 0.106 e. The first-order chi connectivity index (χ1) is 8.77. The van der Waals surface area contributed by atoms with Crippen molar-refractivity contribution < 1.29 is 4.79 Å². The van der Waals surface area contributed by atoms with Gasteiger partial charge in [0, 0.05) is 6.54 Å². The van der Waals surface area contributed by atoms with Gasteiger partial charge in [0.05, 0.1) is 0 Å². The van der Waals surface area contributed by atoms with Crippen molar-refractivity contribution in [3.05, 3.63) is 35.4 Å². The zero-order chi connectivity index (χ0) is 13.8. The molecule has 2 heteroatoms. The lowest BCUT2D eigenvalue weighted by atomic mass is 10.0. The standard InChI is InChI=1S/C9H11N.C6H14.CH2O/c1-2-4-9-7-10-6-5-8(9)3-1;1-4-6(3)5-2;1-2/h1-4,10H,5-7H2;6H,4-5H2,1-3H3;1H2. The topological polar surface area (TPSA) is 29.1 Å². The molecule has 0 atom stereocenters. The maximum absolute atomic E-state index is 8.00. The SMILES string of the molecule is C=O.CCC(C)CC.c1ccc2c(c1)CCNC2. The molecule has 0 saturated carbocycles. The molecule has 1 N–H and O–H groups in total. The Morgan fingerprint density at radius 1 is 1.17 bits per heavy atom. The zero-order valence-corrected chi connectivity index (χ0v) is 12.0. The third-order valence-electron chi connectivity index (χ3n) is 3.40. The van der Waals surface area contributed by atoms with E-state index in [1.165, 1.54) is 30.4 Å². The van der Waals surface area contributed by atoms with Crippen LogP contribution in [-0.2, 0) is 17.8 Å². The predicted molar refractivity (Wildman–Crippen MR) is 78.7 cm³/mol. The fourth-order valence-electron chi connectivity index (χ4n) is 1.71. The van der Waals surface area contributed by atoms with E-state index in [-0.39, 0.29) is 0 Å². The second kappa shape index (κ2) is 11.0. The molecule has 0 aliphatic carbocycles. The number of fused-ring (bicyclic) bond motifs is 1. The first-order valence-electron chi connectivity index (χ1n) is 6.84. The van der Waals surface area contributed by atoms with Gasteiger partial charge in [-0.3, -0.25) is 0 Å². The van der Waals surface area contributed by atoms with Crippen molar-refractivity contribution in [2.24, 2.45) is 5.92 Å². The van der Waals surface area contributed by atoms with Gasteiger partial charge in [-0.25, -0.2) is 0 Å². The molecule has 2 rings (SSSR count). The van der Waals surface area contributed by atoms with Crippen LogP contribution in [0.2, 0.25) is 0 Å². The van der Waals surface area contributed by atoms with Crippen LogP contribution in [0.4, 0.5) is 0 Å². The Kier molecular flexibility index (Phi) is 10.3. The van der Waals surface area contributed by atoms with E-state index in [9.17, 15) is 0 Å².